The van der Waals surface area contributed by atoms with Gasteiger partial charge in [-0.15, -0.1) is 0 Å². The molecule has 356 valence electrons. The molecular weight excluding hydrogens is 863 g/mol. The molecule has 0 radical (unpaired) electrons. The van der Waals surface area contributed by atoms with Crippen molar-refractivity contribution in [1.29, 1.82) is 0 Å². The molecule has 7 aliphatic rings. The average molecular weight is 924 g/mol. The summed E-state index contributed by atoms with van der Waals surface area (Å²) in [4.78, 5) is 95.7. The van der Waals surface area contributed by atoms with Crippen molar-refractivity contribution in [2.75, 3.05) is 72.4 Å². The van der Waals surface area contributed by atoms with Crippen LogP contribution < -0.4 is 30.9 Å². The van der Waals surface area contributed by atoms with Crippen LogP contribution in [0.2, 0.25) is 0 Å². The van der Waals surface area contributed by atoms with E-state index in [1.165, 1.54) is 11.3 Å². The molecule has 4 aromatic rings. The Labute approximate surface area is 396 Å². The molecule has 4 fully saturated rings. The van der Waals surface area contributed by atoms with Gasteiger partial charge >= 0.3 is 0 Å². The molecule has 6 aliphatic heterocycles. The van der Waals surface area contributed by atoms with Crippen molar-refractivity contribution in [3.63, 3.8) is 0 Å². The number of hydrogen-bond acceptors (Lipinski definition) is 12. The number of pyridine rings is 2. The van der Waals surface area contributed by atoms with Gasteiger partial charge in [0.15, 0.2) is 0 Å². The number of amides is 5. The Balaban J connectivity index is 0.684. The lowest BCUT2D eigenvalue weighted by Crippen LogP contribution is -2.57. The van der Waals surface area contributed by atoms with Gasteiger partial charge in [-0.05, 0) is 105 Å². The molecule has 1 unspecified atom stereocenters. The molecule has 11 rings (SSSR count). The van der Waals surface area contributed by atoms with E-state index in [0.717, 1.165) is 119 Å². The van der Waals surface area contributed by atoms with Crippen LogP contribution in [0.5, 0.6) is 0 Å². The SMILES string of the molecule is C[C@H]1CN(C2CCN(c3ccc4c(c3)C(=O)N(C3CCC(=O)NC3=O)C4=O)CC2)CCN1c1ccc(Nc2cc(N3CCC[C@@H](N4CCn5c(cc6c5CC(C)(C)C6)C4=O)C3)cn(C)c2=O)nc1. The van der Waals surface area contributed by atoms with Gasteiger partial charge in [0.05, 0.1) is 28.7 Å². The van der Waals surface area contributed by atoms with Gasteiger partial charge in [0, 0.05) is 108 Å². The summed E-state index contributed by atoms with van der Waals surface area (Å²) in [5.41, 5.74) is 7.55. The van der Waals surface area contributed by atoms with Crippen LogP contribution in [0, 0.1) is 5.41 Å². The van der Waals surface area contributed by atoms with Gasteiger partial charge in [0.25, 0.3) is 23.3 Å². The second-order valence-corrected chi connectivity index (χ2v) is 20.9. The highest BCUT2D eigenvalue weighted by Gasteiger charge is 2.45. The van der Waals surface area contributed by atoms with Gasteiger partial charge in [-0.3, -0.25) is 43.9 Å². The molecule has 68 heavy (non-hydrogen) atoms. The summed E-state index contributed by atoms with van der Waals surface area (Å²) < 4.78 is 3.91. The largest absolute Gasteiger partial charge is 0.371 e. The van der Waals surface area contributed by atoms with Crippen molar-refractivity contribution >= 4 is 58.1 Å². The van der Waals surface area contributed by atoms with Gasteiger partial charge in [-0.25, -0.2) is 4.98 Å². The number of rotatable bonds is 8. The van der Waals surface area contributed by atoms with Crippen LogP contribution in [-0.2, 0) is 36.0 Å². The van der Waals surface area contributed by atoms with E-state index in [4.69, 9.17) is 4.98 Å². The fourth-order valence-electron chi connectivity index (χ4n) is 12.3. The number of hydrogen-bond donors (Lipinski definition) is 2. The van der Waals surface area contributed by atoms with Crippen molar-refractivity contribution in [1.82, 2.24) is 34.1 Å². The summed E-state index contributed by atoms with van der Waals surface area (Å²) in [7, 11) is 1.78. The molecule has 3 aromatic heterocycles. The molecule has 1 aromatic carbocycles. The van der Waals surface area contributed by atoms with E-state index >= 15 is 0 Å². The van der Waals surface area contributed by atoms with Crippen molar-refractivity contribution in [2.24, 2.45) is 12.5 Å². The molecule has 1 aliphatic carbocycles. The standard InChI is InChI=1S/C51H61N11O6/c1-31-28-58(33-13-16-56(17-14-33)34-7-9-38-39(23-34)48(66)62(47(38)65)41-10-12-45(63)54-46(41)64)18-19-59(31)35-8-11-44(52-27-35)53-40-24-37(29-55(4)49(40)67)57-15-5-6-36(30-57)60-20-21-61-42(50(60)68)22-32-25-51(2,3)26-43(32)61/h7-9,11,22-24,27,29,31,33,36,41H,5-6,10,12-21,25-26,28,30H2,1-4H3,(H,52,53)(H,54,63,64)/t31-,36+,41?/m0/s1. The van der Waals surface area contributed by atoms with Gasteiger partial charge in [0.2, 0.25) is 11.8 Å². The maximum Gasteiger partial charge on any atom is 0.274 e. The number of imide groups is 2. The average Bonchev–Trinajstić information content (AvgIpc) is 3.92. The van der Waals surface area contributed by atoms with E-state index in [9.17, 15) is 28.8 Å². The zero-order valence-electron chi connectivity index (χ0n) is 39.5. The normalized spacial score (nSPS) is 24.4. The molecular formula is C51H61N11O6. The van der Waals surface area contributed by atoms with E-state index in [1.54, 1.807) is 23.7 Å². The van der Waals surface area contributed by atoms with Gasteiger partial charge < -0.3 is 34.1 Å². The van der Waals surface area contributed by atoms with Crippen LogP contribution in [0.15, 0.2) is 59.7 Å². The number of nitrogens with zero attached hydrogens (tertiary/aromatic N) is 9. The maximum absolute atomic E-state index is 13.9. The number of benzene rings is 1. The molecule has 2 N–H and O–H groups in total. The first-order chi connectivity index (χ1) is 32.7. The number of aryl methyl sites for hydroxylation is 1. The lowest BCUT2D eigenvalue weighted by atomic mass is 9.90. The third-order valence-corrected chi connectivity index (χ3v) is 15.8. The Bertz CT molecular complexity index is 2790. The number of piperidine rings is 3. The summed E-state index contributed by atoms with van der Waals surface area (Å²) in [6, 6.07) is 13.2. The molecule has 0 bridgehead atoms. The van der Waals surface area contributed by atoms with Crippen LogP contribution in [-0.4, -0.2) is 135 Å². The Morgan fingerprint density at radius 3 is 2.26 bits per heavy atom. The highest BCUT2D eigenvalue weighted by Crippen LogP contribution is 2.40. The highest BCUT2D eigenvalue weighted by atomic mass is 16.2. The minimum atomic E-state index is -0.981. The van der Waals surface area contributed by atoms with Crippen molar-refractivity contribution in [3.8, 4) is 0 Å². The van der Waals surface area contributed by atoms with Crippen LogP contribution in [0.1, 0.15) is 102 Å². The third-order valence-electron chi connectivity index (χ3n) is 15.8. The van der Waals surface area contributed by atoms with Crippen molar-refractivity contribution in [3.05, 3.63) is 93.3 Å². The van der Waals surface area contributed by atoms with Crippen LogP contribution >= 0.6 is 0 Å². The van der Waals surface area contributed by atoms with E-state index in [2.05, 4.69) is 72.6 Å². The molecule has 9 heterocycles. The molecule has 4 saturated heterocycles. The topological polar surface area (TPSA) is 169 Å². The van der Waals surface area contributed by atoms with Crippen LogP contribution in [0.3, 0.4) is 0 Å². The second-order valence-electron chi connectivity index (χ2n) is 20.9. The summed E-state index contributed by atoms with van der Waals surface area (Å²) in [5, 5.41) is 5.58. The minimum Gasteiger partial charge on any atom is -0.371 e. The number of anilines is 5. The Morgan fingerprint density at radius 2 is 1.50 bits per heavy atom. The number of nitrogens with one attached hydrogen (secondary N) is 2. The van der Waals surface area contributed by atoms with E-state index in [0.29, 0.717) is 35.2 Å². The van der Waals surface area contributed by atoms with Gasteiger partial charge in [-0.2, -0.15) is 0 Å². The molecule has 3 atom stereocenters. The van der Waals surface area contributed by atoms with E-state index in [1.807, 2.05) is 30.6 Å². The fraction of sp³-hybridized carbons (Fsp3) is 0.510. The van der Waals surface area contributed by atoms with Crippen molar-refractivity contribution < 1.29 is 24.0 Å². The quantitative estimate of drug-likeness (QED) is 0.243. The first-order valence-electron chi connectivity index (χ1n) is 24.5. The number of aromatic nitrogens is 3. The Kier molecular flexibility index (Phi) is 11.0. The van der Waals surface area contributed by atoms with Crippen LogP contribution in [0.4, 0.5) is 28.6 Å². The summed E-state index contributed by atoms with van der Waals surface area (Å²) in [5.74, 6) is -1.24. The lowest BCUT2D eigenvalue weighted by Gasteiger charge is -2.46. The van der Waals surface area contributed by atoms with Crippen molar-refractivity contribution in [2.45, 2.75) is 103 Å². The summed E-state index contributed by atoms with van der Waals surface area (Å²) in [6.07, 6.45) is 9.90. The number of fused-ring (bicyclic) bond motifs is 4. The first kappa shape index (κ1) is 44.0. The zero-order chi connectivity index (χ0) is 47.2. The predicted molar refractivity (Wildman–Crippen MR) is 258 cm³/mol. The zero-order valence-corrected chi connectivity index (χ0v) is 39.5. The van der Waals surface area contributed by atoms with E-state index in [-0.39, 0.29) is 41.8 Å². The maximum atomic E-state index is 13.9. The molecule has 5 amide bonds. The number of carbonyl (C=O) groups is 5. The van der Waals surface area contributed by atoms with Crippen LogP contribution in [0.25, 0.3) is 0 Å². The second kappa shape index (κ2) is 16.9. The Morgan fingerprint density at radius 1 is 0.721 bits per heavy atom. The first-order valence-corrected chi connectivity index (χ1v) is 24.5. The lowest BCUT2D eigenvalue weighted by molar-refractivity contribution is -0.136. The third kappa shape index (κ3) is 7.81. The minimum absolute atomic E-state index is 0.0874. The highest BCUT2D eigenvalue weighted by molar-refractivity contribution is 6.23. The van der Waals surface area contributed by atoms with E-state index < -0.39 is 29.7 Å². The molecule has 17 nitrogen and oxygen atoms in total. The number of carbonyl (C=O) groups excluding carboxylic acids is 5. The summed E-state index contributed by atoms with van der Waals surface area (Å²) in [6.45, 7) is 14.3. The van der Waals surface area contributed by atoms with Gasteiger partial charge in [-0.1, -0.05) is 13.8 Å². The number of piperazine rings is 1. The Hall–Kier alpha value is -6.49. The fourth-order valence-corrected chi connectivity index (χ4v) is 12.3. The monoisotopic (exact) mass is 923 g/mol. The summed E-state index contributed by atoms with van der Waals surface area (Å²) >= 11 is 0. The molecule has 0 spiro atoms. The molecule has 0 saturated carbocycles. The predicted octanol–water partition coefficient (Wildman–Crippen LogP) is 4.16. The smallest absolute Gasteiger partial charge is 0.274 e. The molecule has 17 heteroatoms. The van der Waals surface area contributed by atoms with Gasteiger partial charge in [0.1, 0.15) is 23.2 Å².